The number of nitrogens with one attached hydrogen (secondary N) is 2. The summed E-state index contributed by atoms with van der Waals surface area (Å²) in [4.78, 5) is 12.4. The fraction of sp³-hybridized carbons (Fsp3) is 0.941. The van der Waals surface area contributed by atoms with E-state index in [1.54, 1.807) is 0 Å². The molecular formula is C17H32N2O2. The van der Waals surface area contributed by atoms with Crippen LogP contribution in [0.1, 0.15) is 71.6 Å². The first-order chi connectivity index (χ1) is 10.0. The molecular weight excluding hydrogens is 264 g/mol. The van der Waals surface area contributed by atoms with Crippen molar-refractivity contribution >= 4 is 5.91 Å². The Bertz CT molecular complexity index is 332. The monoisotopic (exact) mass is 296 g/mol. The van der Waals surface area contributed by atoms with Gasteiger partial charge in [-0.1, -0.05) is 26.2 Å². The molecule has 0 aromatic rings. The minimum Gasteiger partial charge on any atom is -0.394 e. The van der Waals surface area contributed by atoms with E-state index in [0.717, 1.165) is 44.4 Å². The van der Waals surface area contributed by atoms with E-state index in [2.05, 4.69) is 17.6 Å². The summed E-state index contributed by atoms with van der Waals surface area (Å²) in [5.74, 6) is 0.825. The molecule has 21 heavy (non-hydrogen) atoms. The number of carbonyl (C=O) groups is 1. The highest BCUT2D eigenvalue weighted by Gasteiger charge is 2.36. The molecule has 2 rings (SSSR count). The minimum atomic E-state index is -0.254. The molecule has 1 unspecified atom stereocenters. The van der Waals surface area contributed by atoms with Crippen LogP contribution in [-0.2, 0) is 4.79 Å². The van der Waals surface area contributed by atoms with Gasteiger partial charge in [-0.15, -0.1) is 0 Å². The Kier molecular flexibility index (Phi) is 6.06. The minimum absolute atomic E-state index is 0.0911. The van der Waals surface area contributed by atoms with Gasteiger partial charge in [0.05, 0.1) is 12.6 Å². The molecule has 0 aromatic carbocycles. The van der Waals surface area contributed by atoms with Crippen LogP contribution in [0.2, 0.25) is 0 Å². The highest BCUT2D eigenvalue weighted by Crippen LogP contribution is 2.32. The van der Waals surface area contributed by atoms with Crippen LogP contribution in [0.3, 0.4) is 0 Å². The summed E-state index contributed by atoms with van der Waals surface area (Å²) < 4.78 is 0. The van der Waals surface area contributed by atoms with Crippen LogP contribution in [0.15, 0.2) is 0 Å². The maximum atomic E-state index is 12.4. The van der Waals surface area contributed by atoms with Gasteiger partial charge in [-0.05, 0) is 51.4 Å². The third-order valence-corrected chi connectivity index (χ3v) is 5.40. The topological polar surface area (TPSA) is 61.4 Å². The second kappa shape index (κ2) is 7.59. The van der Waals surface area contributed by atoms with E-state index in [4.69, 9.17) is 0 Å². The summed E-state index contributed by atoms with van der Waals surface area (Å²) >= 11 is 0. The summed E-state index contributed by atoms with van der Waals surface area (Å²) in [5.41, 5.74) is -0.254. The van der Waals surface area contributed by atoms with Gasteiger partial charge in [0.15, 0.2) is 0 Å². The van der Waals surface area contributed by atoms with Gasteiger partial charge in [0.25, 0.3) is 0 Å². The zero-order valence-corrected chi connectivity index (χ0v) is 13.7. The lowest BCUT2D eigenvalue weighted by Gasteiger charge is -2.40. The van der Waals surface area contributed by atoms with E-state index in [-0.39, 0.29) is 24.1 Å². The van der Waals surface area contributed by atoms with Gasteiger partial charge in [-0.3, -0.25) is 10.1 Å². The molecule has 2 saturated carbocycles. The van der Waals surface area contributed by atoms with Gasteiger partial charge in [0.1, 0.15) is 0 Å². The van der Waals surface area contributed by atoms with E-state index in [0.29, 0.717) is 6.04 Å². The van der Waals surface area contributed by atoms with Crippen LogP contribution in [-0.4, -0.2) is 35.2 Å². The van der Waals surface area contributed by atoms with Gasteiger partial charge in [-0.2, -0.15) is 0 Å². The molecule has 0 heterocycles. The van der Waals surface area contributed by atoms with Crippen LogP contribution in [0.5, 0.6) is 0 Å². The number of rotatable bonds is 5. The number of amides is 1. The van der Waals surface area contributed by atoms with Crippen molar-refractivity contribution in [2.24, 2.45) is 5.92 Å². The molecule has 0 bridgehead atoms. The van der Waals surface area contributed by atoms with Crippen LogP contribution < -0.4 is 10.6 Å². The smallest absolute Gasteiger partial charge is 0.237 e. The molecule has 3 N–H and O–H groups in total. The Morgan fingerprint density at radius 3 is 2.38 bits per heavy atom. The second-order valence-electron chi connectivity index (χ2n) is 7.33. The second-order valence-corrected chi connectivity index (χ2v) is 7.33. The molecule has 4 nitrogen and oxygen atoms in total. The summed E-state index contributed by atoms with van der Waals surface area (Å²) in [6.45, 7) is 4.31. The van der Waals surface area contributed by atoms with Crippen molar-refractivity contribution in [2.45, 2.75) is 89.3 Å². The summed E-state index contributed by atoms with van der Waals surface area (Å²) in [7, 11) is 0. The summed E-state index contributed by atoms with van der Waals surface area (Å²) in [6.07, 6.45) is 10.2. The normalized spacial score (nSPS) is 32.6. The fourth-order valence-electron chi connectivity index (χ4n) is 3.76. The van der Waals surface area contributed by atoms with Crippen molar-refractivity contribution in [2.75, 3.05) is 6.61 Å². The lowest BCUT2D eigenvalue weighted by Crippen LogP contribution is -2.58. The first-order valence-corrected chi connectivity index (χ1v) is 8.73. The summed E-state index contributed by atoms with van der Waals surface area (Å²) in [5, 5.41) is 16.4. The lowest BCUT2D eigenvalue weighted by atomic mass is 9.77. The van der Waals surface area contributed by atoms with Gasteiger partial charge in [0, 0.05) is 11.6 Å². The van der Waals surface area contributed by atoms with E-state index < -0.39 is 0 Å². The highest BCUT2D eigenvalue weighted by atomic mass is 16.3. The Labute approximate surface area is 129 Å². The predicted octanol–water partition coefficient (Wildman–Crippen LogP) is 2.35. The van der Waals surface area contributed by atoms with Crippen LogP contribution in [0, 0.1) is 5.92 Å². The van der Waals surface area contributed by atoms with Crippen molar-refractivity contribution < 1.29 is 9.90 Å². The quantitative estimate of drug-likeness (QED) is 0.730. The molecule has 4 heteroatoms. The molecule has 1 atom stereocenters. The average molecular weight is 296 g/mol. The number of carbonyl (C=O) groups excluding carboxylic acids is 1. The van der Waals surface area contributed by atoms with Crippen molar-refractivity contribution in [1.29, 1.82) is 0 Å². The first kappa shape index (κ1) is 16.8. The van der Waals surface area contributed by atoms with Gasteiger partial charge in [0.2, 0.25) is 5.91 Å². The zero-order chi connectivity index (χ0) is 15.3. The summed E-state index contributed by atoms with van der Waals surface area (Å²) in [6, 6.07) is 0.124. The van der Waals surface area contributed by atoms with Crippen molar-refractivity contribution in [3.8, 4) is 0 Å². The van der Waals surface area contributed by atoms with Crippen molar-refractivity contribution in [1.82, 2.24) is 10.6 Å². The van der Waals surface area contributed by atoms with Crippen LogP contribution in [0.4, 0.5) is 0 Å². The largest absolute Gasteiger partial charge is 0.394 e. The Morgan fingerprint density at radius 1 is 1.19 bits per heavy atom. The van der Waals surface area contributed by atoms with E-state index in [1.807, 2.05) is 6.92 Å². The first-order valence-electron chi connectivity index (χ1n) is 8.73. The molecule has 122 valence electrons. The van der Waals surface area contributed by atoms with Gasteiger partial charge < -0.3 is 10.4 Å². The zero-order valence-electron chi connectivity index (χ0n) is 13.7. The predicted molar refractivity (Wildman–Crippen MR) is 85.1 cm³/mol. The number of hydrogen-bond acceptors (Lipinski definition) is 3. The van der Waals surface area contributed by atoms with Crippen LogP contribution in [0.25, 0.3) is 0 Å². The molecule has 2 fully saturated rings. The van der Waals surface area contributed by atoms with Gasteiger partial charge in [-0.25, -0.2) is 0 Å². The molecule has 0 radical (unpaired) electrons. The average Bonchev–Trinajstić information content (AvgIpc) is 2.51. The Hall–Kier alpha value is -0.610. The van der Waals surface area contributed by atoms with E-state index in [1.165, 1.54) is 19.3 Å². The molecule has 0 aliphatic heterocycles. The maximum Gasteiger partial charge on any atom is 0.237 e. The molecule has 2 aliphatic rings. The lowest BCUT2D eigenvalue weighted by molar-refractivity contribution is -0.124. The third kappa shape index (κ3) is 4.68. The fourth-order valence-corrected chi connectivity index (χ4v) is 3.76. The van der Waals surface area contributed by atoms with Crippen LogP contribution >= 0.6 is 0 Å². The van der Waals surface area contributed by atoms with E-state index >= 15 is 0 Å². The third-order valence-electron chi connectivity index (χ3n) is 5.40. The SMILES string of the molecule is CC1CCC(CO)(NC(C)C(=O)NC2CCCCC2)CC1. The van der Waals surface area contributed by atoms with E-state index in [9.17, 15) is 9.90 Å². The standard InChI is InChI=1S/C17H32N2O2/c1-13-8-10-17(12-20,11-9-13)19-14(2)16(21)18-15-6-4-3-5-7-15/h13-15,19-20H,3-12H2,1-2H3,(H,18,21). The molecule has 0 aromatic heterocycles. The number of aliphatic hydroxyl groups excluding tert-OH is 1. The molecule has 0 spiro atoms. The molecule has 0 saturated heterocycles. The Balaban J connectivity index is 1.83. The Morgan fingerprint density at radius 2 is 1.81 bits per heavy atom. The molecule has 1 amide bonds. The van der Waals surface area contributed by atoms with Crippen molar-refractivity contribution in [3.05, 3.63) is 0 Å². The maximum absolute atomic E-state index is 12.4. The highest BCUT2D eigenvalue weighted by molar-refractivity contribution is 5.81. The van der Waals surface area contributed by atoms with Gasteiger partial charge >= 0.3 is 0 Å². The number of aliphatic hydroxyl groups is 1. The number of hydrogen-bond donors (Lipinski definition) is 3. The van der Waals surface area contributed by atoms with Crippen molar-refractivity contribution in [3.63, 3.8) is 0 Å². The molecule has 2 aliphatic carbocycles.